The SMILES string of the molecule is C=CCN(Cc1ccco1)Cc1cccs1. The molecule has 0 aliphatic heterocycles. The lowest BCUT2D eigenvalue weighted by Gasteiger charge is -2.18. The largest absolute Gasteiger partial charge is 0.468 e. The zero-order valence-corrected chi connectivity index (χ0v) is 9.95. The van der Waals surface area contributed by atoms with Crippen molar-refractivity contribution >= 4 is 11.3 Å². The molecule has 0 fully saturated rings. The van der Waals surface area contributed by atoms with Crippen LogP contribution < -0.4 is 0 Å². The van der Waals surface area contributed by atoms with Crippen LogP contribution in [-0.2, 0) is 13.1 Å². The molecule has 2 rings (SSSR count). The van der Waals surface area contributed by atoms with Gasteiger partial charge in [0.05, 0.1) is 12.8 Å². The molecule has 0 bridgehead atoms. The van der Waals surface area contributed by atoms with E-state index in [9.17, 15) is 0 Å². The number of furan rings is 1. The van der Waals surface area contributed by atoms with E-state index < -0.39 is 0 Å². The Labute approximate surface area is 99.8 Å². The molecule has 2 heterocycles. The molecular formula is C13H15NOS. The van der Waals surface area contributed by atoms with Crippen molar-refractivity contribution in [2.24, 2.45) is 0 Å². The van der Waals surface area contributed by atoms with Gasteiger partial charge in [-0.25, -0.2) is 0 Å². The van der Waals surface area contributed by atoms with Crippen LogP contribution in [-0.4, -0.2) is 11.4 Å². The lowest BCUT2D eigenvalue weighted by molar-refractivity contribution is 0.262. The maximum Gasteiger partial charge on any atom is 0.117 e. The molecule has 0 radical (unpaired) electrons. The summed E-state index contributed by atoms with van der Waals surface area (Å²) in [6, 6.07) is 8.17. The van der Waals surface area contributed by atoms with Crippen molar-refractivity contribution in [1.29, 1.82) is 0 Å². The van der Waals surface area contributed by atoms with E-state index in [0.29, 0.717) is 0 Å². The summed E-state index contributed by atoms with van der Waals surface area (Å²) in [5.74, 6) is 0.999. The summed E-state index contributed by atoms with van der Waals surface area (Å²) in [4.78, 5) is 3.67. The Morgan fingerprint density at radius 2 is 2.25 bits per heavy atom. The van der Waals surface area contributed by atoms with Crippen LogP contribution in [0.2, 0.25) is 0 Å². The fourth-order valence-electron chi connectivity index (χ4n) is 1.61. The molecule has 3 heteroatoms. The number of rotatable bonds is 6. The average molecular weight is 233 g/mol. The molecule has 0 spiro atoms. The fourth-order valence-corrected chi connectivity index (χ4v) is 2.36. The van der Waals surface area contributed by atoms with Gasteiger partial charge in [-0.2, -0.15) is 0 Å². The maximum absolute atomic E-state index is 5.36. The fraction of sp³-hybridized carbons (Fsp3) is 0.231. The van der Waals surface area contributed by atoms with E-state index >= 15 is 0 Å². The van der Waals surface area contributed by atoms with Crippen molar-refractivity contribution in [3.8, 4) is 0 Å². The average Bonchev–Trinajstić information content (AvgIpc) is 2.91. The van der Waals surface area contributed by atoms with Gasteiger partial charge in [0.1, 0.15) is 5.76 Å². The molecule has 0 atom stereocenters. The first-order chi connectivity index (χ1) is 7.88. The van der Waals surface area contributed by atoms with Crippen molar-refractivity contribution in [2.45, 2.75) is 13.1 Å². The van der Waals surface area contributed by atoms with E-state index in [1.165, 1.54) is 4.88 Å². The summed E-state index contributed by atoms with van der Waals surface area (Å²) in [7, 11) is 0. The van der Waals surface area contributed by atoms with Crippen molar-refractivity contribution in [3.63, 3.8) is 0 Å². The van der Waals surface area contributed by atoms with Crippen LogP contribution in [0.25, 0.3) is 0 Å². The third kappa shape index (κ3) is 3.08. The minimum atomic E-state index is 0.830. The first kappa shape index (κ1) is 11.2. The van der Waals surface area contributed by atoms with E-state index in [0.717, 1.165) is 25.4 Å². The monoisotopic (exact) mass is 233 g/mol. The van der Waals surface area contributed by atoms with Crippen molar-refractivity contribution in [3.05, 3.63) is 59.2 Å². The molecule has 0 aliphatic rings. The zero-order valence-electron chi connectivity index (χ0n) is 9.13. The zero-order chi connectivity index (χ0) is 11.2. The summed E-state index contributed by atoms with van der Waals surface area (Å²) < 4.78 is 5.36. The molecule has 16 heavy (non-hydrogen) atoms. The standard InChI is InChI=1S/C13H15NOS/c1-2-7-14(10-12-5-3-8-15-12)11-13-6-4-9-16-13/h2-6,8-9H,1,7,10-11H2. The van der Waals surface area contributed by atoms with Gasteiger partial charge in [-0.05, 0) is 23.6 Å². The molecule has 0 unspecified atom stereocenters. The van der Waals surface area contributed by atoms with Gasteiger partial charge in [0.15, 0.2) is 0 Å². The molecule has 0 saturated heterocycles. The summed E-state index contributed by atoms with van der Waals surface area (Å²) in [6.07, 6.45) is 3.64. The third-order valence-corrected chi connectivity index (χ3v) is 3.17. The highest BCUT2D eigenvalue weighted by atomic mass is 32.1. The summed E-state index contributed by atoms with van der Waals surface area (Å²) in [5, 5.41) is 2.11. The first-order valence-electron chi connectivity index (χ1n) is 5.26. The first-order valence-corrected chi connectivity index (χ1v) is 6.14. The van der Waals surface area contributed by atoms with Crippen LogP contribution in [0, 0.1) is 0 Å². The van der Waals surface area contributed by atoms with Gasteiger partial charge in [-0.1, -0.05) is 12.1 Å². The van der Waals surface area contributed by atoms with Crippen LogP contribution >= 0.6 is 11.3 Å². The van der Waals surface area contributed by atoms with Crippen molar-refractivity contribution in [2.75, 3.05) is 6.54 Å². The molecular weight excluding hydrogens is 218 g/mol. The number of thiophene rings is 1. The smallest absolute Gasteiger partial charge is 0.117 e. The van der Waals surface area contributed by atoms with Crippen LogP contribution in [0.15, 0.2) is 53.0 Å². The maximum atomic E-state index is 5.36. The van der Waals surface area contributed by atoms with Crippen molar-refractivity contribution in [1.82, 2.24) is 4.90 Å². The van der Waals surface area contributed by atoms with Crippen molar-refractivity contribution < 1.29 is 4.42 Å². The minimum absolute atomic E-state index is 0.830. The van der Waals surface area contributed by atoms with Crippen LogP contribution in [0.3, 0.4) is 0 Å². The highest BCUT2D eigenvalue weighted by Crippen LogP contribution is 2.14. The Morgan fingerprint density at radius 3 is 2.88 bits per heavy atom. The van der Waals surface area contributed by atoms with Gasteiger partial charge in [0.25, 0.3) is 0 Å². The Hall–Kier alpha value is -1.32. The molecule has 2 aromatic heterocycles. The predicted octanol–water partition coefficient (Wildman–Crippen LogP) is 3.53. The molecule has 0 amide bonds. The summed E-state index contributed by atoms with van der Waals surface area (Å²) >= 11 is 1.78. The minimum Gasteiger partial charge on any atom is -0.468 e. The van der Waals surface area contributed by atoms with Crippen LogP contribution in [0.1, 0.15) is 10.6 Å². The van der Waals surface area contributed by atoms with Crippen LogP contribution in [0.5, 0.6) is 0 Å². The van der Waals surface area contributed by atoms with E-state index in [1.807, 2.05) is 18.2 Å². The Balaban J connectivity index is 1.97. The summed E-state index contributed by atoms with van der Waals surface area (Å²) in [5.41, 5.74) is 0. The predicted molar refractivity (Wildman–Crippen MR) is 67.3 cm³/mol. The topological polar surface area (TPSA) is 16.4 Å². The lowest BCUT2D eigenvalue weighted by Crippen LogP contribution is -2.21. The van der Waals surface area contributed by atoms with E-state index in [2.05, 4.69) is 29.0 Å². The molecule has 2 aromatic rings. The van der Waals surface area contributed by atoms with Gasteiger partial charge < -0.3 is 4.42 Å². The second kappa shape index (κ2) is 5.68. The van der Waals surface area contributed by atoms with Gasteiger partial charge in [-0.3, -0.25) is 4.90 Å². The van der Waals surface area contributed by atoms with Crippen LogP contribution in [0.4, 0.5) is 0 Å². The Bertz CT molecular complexity index is 369. The normalized spacial score (nSPS) is 10.8. The lowest BCUT2D eigenvalue weighted by atomic mass is 10.3. The molecule has 0 saturated carbocycles. The van der Waals surface area contributed by atoms with Gasteiger partial charge >= 0.3 is 0 Å². The number of hydrogen-bond donors (Lipinski definition) is 0. The molecule has 2 nitrogen and oxygen atoms in total. The van der Waals surface area contributed by atoms with Gasteiger partial charge in [-0.15, -0.1) is 17.9 Å². The Kier molecular flexibility index (Phi) is 3.97. The second-order valence-electron chi connectivity index (χ2n) is 3.62. The van der Waals surface area contributed by atoms with E-state index in [-0.39, 0.29) is 0 Å². The molecule has 84 valence electrons. The third-order valence-electron chi connectivity index (χ3n) is 2.31. The highest BCUT2D eigenvalue weighted by Gasteiger charge is 2.07. The van der Waals surface area contributed by atoms with E-state index in [1.54, 1.807) is 17.6 Å². The second-order valence-corrected chi connectivity index (χ2v) is 4.65. The number of nitrogens with zero attached hydrogens (tertiary/aromatic N) is 1. The quantitative estimate of drug-likeness (QED) is 0.710. The molecule has 0 N–H and O–H groups in total. The highest BCUT2D eigenvalue weighted by molar-refractivity contribution is 7.09. The van der Waals surface area contributed by atoms with Gasteiger partial charge in [0, 0.05) is 18.0 Å². The van der Waals surface area contributed by atoms with E-state index in [4.69, 9.17) is 4.42 Å². The Morgan fingerprint density at radius 1 is 1.31 bits per heavy atom. The molecule has 0 aromatic carbocycles. The molecule has 0 aliphatic carbocycles. The number of hydrogen-bond acceptors (Lipinski definition) is 3. The van der Waals surface area contributed by atoms with Gasteiger partial charge in [0.2, 0.25) is 0 Å². The summed E-state index contributed by atoms with van der Waals surface area (Å²) in [6.45, 7) is 6.44.